The Hall–Kier alpha value is -0.540. The largest absolute Gasteiger partial charge is 0.379 e. The fourth-order valence-electron chi connectivity index (χ4n) is 2.23. The van der Waals surface area contributed by atoms with Crippen molar-refractivity contribution in [3.63, 3.8) is 0 Å². The summed E-state index contributed by atoms with van der Waals surface area (Å²) in [7, 11) is 1.74. The van der Waals surface area contributed by atoms with Crippen LogP contribution in [0.15, 0.2) is 23.2 Å². The molecule has 1 fully saturated rings. The van der Waals surface area contributed by atoms with Gasteiger partial charge in [-0.05, 0) is 48.3 Å². The van der Waals surface area contributed by atoms with E-state index in [0.717, 1.165) is 41.9 Å². The Bertz CT molecular complexity index is 527. The molecule has 1 aromatic rings. The lowest BCUT2D eigenvalue weighted by Gasteiger charge is -2.14. The van der Waals surface area contributed by atoms with Gasteiger partial charge in [-0.15, -0.1) is 24.0 Å². The molecular formula is C17H27FIN3OS. The summed E-state index contributed by atoms with van der Waals surface area (Å²) in [6.45, 7) is 2.92. The van der Waals surface area contributed by atoms with E-state index in [1.165, 1.54) is 18.9 Å². The molecule has 0 saturated heterocycles. The van der Waals surface area contributed by atoms with Crippen molar-refractivity contribution in [2.24, 2.45) is 10.9 Å². The zero-order chi connectivity index (χ0) is 16.5. The number of nitrogens with zero attached hydrogens (tertiary/aromatic N) is 1. The number of aliphatic imine (C=N–C) groups is 1. The minimum atomic E-state index is -0.187. The lowest BCUT2D eigenvalue weighted by molar-refractivity contribution is 0.129. The predicted octanol–water partition coefficient (Wildman–Crippen LogP) is 3.40. The van der Waals surface area contributed by atoms with E-state index in [1.54, 1.807) is 24.9 Å². The van der Waals surface area contributed by atoms with Crippen molar-refractivity contribution in [2.75, 3.05) is 33.1 Å². The van der Waals surface area contributed by atoms with E-state index in [-0.39, 0.29) is 29.8 Å². The minimum absolute atomic E-state index is 0. The van der Waals surface area contributed by atoms with Crippen LogP contribution in [-0.4, -0.2) is 39.0 Å². The number of thioether (sulfide) groups is 1. The Balaban J connectivity index is 0.00000288. The first kappa shape index (κ1) is 21.5. The van der Waals surface area contributed by atoms with Crippen LogP contribution in [0.1, 0.15) is 24.0 Å². The van der Waals surface area contributed by atoms with E-state index in [4.69, 9.17) is 4.74 Å². The van der Waals surface area contributed by atoms with Gasteiger partial charge in [-0.2, -0.15) is 11.8 Å². The van der Waals surface area contributed by atoms with E-state index in [9.17, 15) is 4.39 Å². The molecule has 1 aliphatic carbocycles. The molecule has 2 N–H and O–H groups in total. The summed E-state index contributed by atoms with van der Waals surface area (Å²) in [5, 5.41) is 6.50. The summed E-state index contributed by atoms with van der Waals surface area (Å²) in [6.07, 6.45) is 4.64. The fraction of sp³-hybridized carbons (Fsp3) is 0.588. The Morgan fingerprint density at radius 2 is 2.12 bits per heavy atom. The molecule has 4 nitrogen and oxygen atoms in total. The first-order chi connectivity index (χ1) is 11.2. The molecule has 0 amide bonds. The molecule has 0 aliphatic heterocycles. The minimum Gasteiger partial charge on any atom is -0.379 e. The average Bonchev–Trinajstić information content (AvgIpc) is 3.36. The summed E-state index contributed by atoms with van der Waals surface area (Å²) in [6, 6.07) is 4.94. The molecule has 0 atom stereocenters. The van der Waals surface area contributed by atoms with Crippen molar-refractivity contribution in [2.45, 2.75) is 25.1 Å². The third-order valence-corrected chi connectivity index (χ3v) is 4.33. The Morgan fingerprint density at radius 1 is 1.33 bits per heavy atom. The van der Waals surface area contributed by atoms with Gasteiger partial charge in [-0.3, -0.25) is 4.99 Å². The van der Waals surface area contributed by atoms with Crippen molar-refractivity contribution in [1.82, 2.24) is 10.6 Å². The molecule has 1 aromatic carbocycles. The van der Waals surface area contributed by atoms with E-state index in [1.807, 2.05) is 12.3 Å². The lowest BCUT2D eigenvalue weighted by atomic mass is 10.1. The lowest BCUT2D eigenvalue weighted by Crippen LogP contribution is -2.38. The summed E-state index contributed by atoms with van der Waals surface area (Å²) in [5.41, 5.74) is 2.11. The second-order valence-electron chi connectivity index (χ2n) is 5.72. The zero-order valence-corrected chi connectivity index (χ0v) is 17.5. The van der Waals surface area contributed by atoms with Gasteiger partial charge in [0, 0.05) is 32.5 Å². The van der Waals surface area contributed by atoms with E-state index in [0.29, 0.717) is 13.2 Å². The normalized spacial score (nSPS) is 14.2. The van der Waals surface area contributed by atoms with Crippen LogP contribution >= 0.6 is 35.7 Å². The van der Waals surface area contributed by atoms with Crippen LogP contribution in [0.4, 0.5) is 4.39 Å². The highest BCUT2D eigenvalue weighted by atomic mass is 127. The number of benzene rings is 1. The van der Waals surface area contributed by atoms with Gasteiger partial charge in [0.2, 0.25) is 0 Å². The topological polar surface area (TPSA) is 45.7 Å². The first-order valence-corrected chi connectivity index (χ1v) is 9.40. The van der Waals surface area contributed by atoms with Gasteiger partial charge in [0.25, 0.3) is 0 Å². The number of rotatable bonds is 9. The molecule has 0 unspecified atom stereocenters. The maximum atomic E-state index is 13.4. The molecule has 2 rings (SSSR count). The van der Waals surface area contributed by atoms with Gasteiger partial charge in [0.05, 0.1) is 6.61 Å². The van der Waals surface area contributed by atoms with Gasteiger partial charge in [0.1, 0.15) is 5.82 Å². The molecule has 136 valence electrons. The summed E-state index contributed by atoms with van der Waals surface area (Å²) in [5.74, 6) is 2.14. The highest BCUT2D eigenvalue weighted by Gasteiger charge is 2.20. The van der Waals surface area contributed by atoms with Crippen LogP contribution in [0.2, 0.25) is 0 Å². The molecule has 0 spiro atoms. The highest BCUT2D eigenvalue weighted by molar-refractivity contribution is 14.0. The van der Waals surface area contributed by atoms with Crippen molar-refractivity contribution in [3.8, 4) is 0 Å². The quantitative estimate of drug-likeness (QED) is 0.253. The van der Waals surface area contributed by atoms with Crippen molar-refractivity contribution >= 4 is 41.7 Å². The second kappa shape index (κ2) is 11.9. The third-order valence-electron chi connectivity index (χ3n) is 3.73. The summed E-state index contributed by atoms with van der Waals surface area (Å²) >= 11 is 1.69. The van der Waals surface area contributed by atoms with Crippen LogP contribution < -0.4 is 10.6 Å². The van der Waals surface area contributed by atoms with Gasteiger partial charge in [0.15, 0.2) is 5.96 Å². The Kier molecular flexibility index (Phi) is 10.7. The average molecular weight is 467 g/mol. The Labute approximate surface area is 165 Å². The van der Waals surface area contributed by atoms with Crippen LogP contribution in [-0.2, 0) is 17.0 Å². The first-order valence-electron chi connectivity index (χ1n) is 8.01. The van der Waals surface area contributed by atoms with Crippen LogP contribution in [0, 0.1) is 11.7 Å². The van der Waals surface area contributed by atoms with Crippen LogP contribution in [0.3, 0.4) is 0 Å². The molecule has 7 heteroatoms. The molecular weight excluding hydrogens is 440 g/mol. The van der Waals surface area contributed by atoms with Gasteiger partial charge < -0.3 is 15.4 Å². The zero-order valence-electron chi connectivity index (χ0n) is 14.3. The summed E-state index contributed by atoms with van der Waals surface area (Å²) < 4.78 is 18.9. The van der Waals surface area contributed by atoms with E-state index in [2.05, 4.69) is 15.6 Å². The van der Waals surface area contributed by atoms with Gasteiger partial charge in [-0.25, -0.2) is 4.39 Å². The molecule has 24 heavy (non-hydrogen) atoms. The summed E-state index contributed by atoms with van der Waals surface area (Å²) in [4.78, 5) is 4.20. The Morgan fingerprint density at radius 3 is 2.79 bits per heavy atom. The molecule has 0 bridgehead atoms. The predicted molar refractivity (Wildman–Crippen MR) is 111 cm³/mol. The van der Waals surface area contributed by atoms with Gasteiger partial charge >= 0.3 is 0 Å². The monoisotopic (exact) mass is 467 g/mol. The maximum Gasteiger partial charge on any atom is 0.191 e. The van der Waals surface area contributed by atoms with Crippen molar-refractivity contribution in [3.05, 3.63) is 35.1 Å². The smallest absolute Gasteiger partial charge is 0.191 e. The second-order valence-corrected chi connectivity index (χ2v) is 6.58. The number of nitrogens with one attached hydrogen (secondary N) is 2. The molecule has 1 aliphatic rings. The van der Waals surface area contributed by atoms with Crippen molar-refractivity contribution < 1.29 is 9.13 Å². The maximum absolute atomic E-state index is 13.4. The molecule has 0 heterocycles. The molecule has 0 radical (unpaired) electrons. The molecule has 0 aromatic heterocycles. The highest BCUT2D eigenvalue weighted by Crippen LogP contribution is 2.28. The number of ether oxygens (including phenoxy) is 1. The number of halogens is 2. The SMILES string of the molecule is CN=C(NCCOCC1CC1)NCc1ccc(F)cc1CSC.I. The third kappa shape index (κ3) is 8.02. The van der Waals surface area contributed by atoms with Crippen molar-refractivity contribution in [1.29, 1.82) is 0 Å². The van der Waals surface area contributed by atoms with Crippen LogP contribution in [0.25, 0.3) is 0 Å². The fourth-order valence-corrected chi connectivity index (χ4v) is 2.81. The number of hydrogen-bond donors (Lipinski definition) is 2. The van der Waals surface area contributed by atoms with Crippen LogP contribution in [0.5, 0.6) is 0 Å². The standard InChI is InChI=1S/C17H26FN3OS.HI/c1-19-17(20-7-8-22-11-13-3-4-13)21-10-14-5-6-16(18)9-15(14)12-23-2;/h5-6,9,13H,3-4,7-8,10-12H2,1-2H3,(H2,19,20,21);1H. The number of hydrogen-bond acceptors (Lipinski definition) is 3. The van der Waals surface area contributed by atoms with E-state index < -0.39 is 0 Å². The van der Waals surface area contributed by atoms with Gasteiger partial charge in [-0.1, -0.05) is 6.07 Å². The number of guanidine groups is 1. The molecule has 1 saturated carbocycles. The van der Waals surface area contributed by atoms with E-state index >= 15 is 0 Å².